The van der Waals surface area contributed by atoms with Gasteiger partial charge >= 0.3 is 0 Å². The number of rotatable bonds is 3. The first-order chi connectivity index (χ1) is 6.15. The van der Waals surface area contributed by atoms with E-state index in [0.29, 0.717) is 5.92 Å². The van der Waals surface area contributed by atoms with Gasteiger partial charge in [-0.25, -0.2) is 0 Å². The Hall–Kier alpha value is -1.08. The Morgan fingerprint density at radius 2 is 1.62 bits per heavy atom. The van der Waals surface area contributed by atoms with Gasteiger partial charge in [0.2, 0.25) is 0 Å². The Kier molecular flexibility index (Phi) is 3.26. The second-order valence-corrected chi connectivity index (χ2v) is 3.50. The van der Waals surface area contributed by atoms with Crippen molar-refractivity contribution in [2.45, 2.75) is 25.9 Å². The molecule has 0 aliphatic rings. The lowest BCUT2D eigenvalue weighted by molar-refractivity contribution is 0.229. The van der Waals surface area contributed by atoms with Crippen LogP contribution >= 0.6 is 0 Å². The van der Waals surface area contributed by atoms with Crippen LogP contribution in [0, 0.1) is 0 Å². The van der Waals surface area contributed by atoms with Gasteiger partial charge in [0.15, 0.2) is 0 Å². The maximum absolute atomic E-state index is 9.44. The molecule has 0 radical (unpaired) electrons. The van der Waals surface area contributed by atoms with Crippen molar-refractivity contribution in [2.75, 3.05) is 0 Å². The minimum atomic E-state index is -0.541. The van der Waals surface area contributed by atoms with Crippen LogP contribution in [-0.4, -0.2) is 5.11 Å². The first-order valence-corrected chi connectivity index (χ1v) is 4.55. The molecular formula is C12H16O. The molecule has 1 aromatic rings. The minimum absolute atomic E-state index is 0.537. The molecule has 0 aromatic heterocycles. The second-order valence-electron chi connectivity index (χ2n) is 3.50. The molecule has 0 fully saturated rings. The van der Waals surface area contributed by atoms with Gasteiger partial charge in [-0.1, -0.05) is 44.2 Å². The van der Waals surface area contributed by atoms with Crippen LogP contribution in [0.3, 0.4) is 0 Å². The predicted octanol–water partition coefficient (Wildman–Crippen LogP) is 3.03. The Morgan fingerprint density at radius 3 is 2.00 bits per heavy atom. The Morgan fingerprint density at radius 1 is 1.15 bits per heavy atom. The van der Waals surface area contributed by atoms with Crippen molar-refractivity contribution in [1.82, 2.24) is 0 Å². The van der Waals surface area contributed by atoms with Crippen LogP contribution in [0.5, 0.6) is 0 Å². The van der Waals surface area contributed by atoms with Gasteiger partial charge in [0.25, 0.3) is 0 Å². The number of hydrogen-bond acceptors (Lipinski definition) is 1. The summed E-state index contributed by atoms with van der Waals surface area (Å²) in [5.41, 5.74) is 2.19. The van der Waals surface area contributed by atoms with Crippen LogP contribution in [0.4, 0.5) is 0 Å². The van der Waals surface area contributed by atoms with Gasteiger partial charge < -0.3 is 5.11 Å². The lowest BCUT2D eigenvalue weighted by Gasteiger charge is -2.08. The van der Waals surface area contributed by atoms with E-state index in [4.69, 9.17) is 0 Å². The first kappa shape index (κ1) is 10.0. The van der Waals surface area contributed by atoms with Gasteiger partial charge in [0.1, 0.15) is 0 Å². The second kappa shape index (κ2) is 4.24. The Balaban J connectivity index is 2.87. The van der Waals surface area contributed by atoms with E-state index in [2.05, 4.69) is 20.4 Å². The van der Waals surface area contributed by atoms with E-state index in [0.717, 1.165) is 5.56 Å². The Labute approximate surface area is 79.7 Å². The van der Waals surface area contributed by atoms with Crippen molar-refractivity contribution in [3.8, 4) is 0 Å². The van der Waals surface area contributed by atoms with Crippen LogP contribution in [0.25, 0.3) is 0 Å². The molecule has 1 unspecified atom stereocenters. The fourth-order valence-electron chi connectivity index (χ4n) is 1.21. The highest BCUT2D eigenvalue weighted by atomic mass is 16.3. The maximum atomic E-state index is 9.44. The highest BCUT2D eigenvalue weighted by Crippen LogP contribution is 2.18. The van der Waals surface area contributed by atoms with Crippen molar-refractivity contribution in [3.05, 3.63) is 48.0 Å². The van der Waals surface area contributed by atoms with Gasteiger partial charge in [-0.05, 0) is 17.0 Å². The highest BCUT2D eigenvalue weighted by Gasteiger charge is 2.03. The molecule has 0 spiro atoms. The molecule has 0 bridgehead atoms. The van der Waals surface area contributed by atoms with Gasteiger partial charge in [0, 0.05) is 0 Å². The van der Waals surface area contributed by atoms with Crippen molar-refractivity contribution in [1.29, 1.82) is 0 Å². The van der Waals surface area contributed by atoms with Crippen molar-refractivity contribution < 1.29 is 5.11 Å². The van der Waals surface area contributed by atoms with Crippen LogP contribution < -0.4 is 0 Å². The van der Waals surface area contributed by atoms with Crippen molar-refractivity contribution >= 4 is 0 Å². The summed E-state index contributed by atoms with van der Waals surface area (Å²) in [6, 6.07) is 7.99. The van der Waals surface area contributed by atoms with E-state index in [9.17, 15) is 5.11 Å². The number of aliphatic hydroxyl groups excluding tert-OH is 1. The third-order valence-electron chi connectivity index (χ3n) is 2.17. The van der Waals surface area contributed by atoms with Crippen LogP contribution in [0.2, 0.25) is 0 Å². The summed E-state index contributed by atoms with van der Waals surface area (Å²) in [6.45, 7) is 7.85. The Bertz CT molecular complexity index is 272. The van der Waals surface area contributed by atoms with E-state index in [1.807, 2.05) is 24.3 Å². The summed E-state index contributed by atoms with van der Waals surface area (Å²) in [6.07, 6.45) is 0.992. The van der Waals surface area contributed by atoms with Crippen LogP contribution in [0.1, 0.15) is 37.0 Å². The zero-order valence-electron chi connectivity index (χ0n) is 8.20. The van der Waals surface area contributed by atoms with E-state index >= 15 is 0 Å². The van der Waals surface area contributed by atoms with E-state index in [-0.39, 0.29) is 0 Å². The summed E-state index contributed by atoms with van der Waals surface area (Å²) in [5, 5.41) is 9.44. The fourth-order valence-corrected chi connectivity index (χ4v) is 1.21. The average Bonchev–Trinajstić information content (AvgIpc) is 2.17. The molecule has 1 aromatic carbocycles. The molecule has 1 rings (SSSR count). The average molecular weight is 176 g/mol. The predicted molar refractivity (Wildman–Crippen MR) is 55.7 cm³/mol. The number of hydrogen-bond donors (Lipinski definition) is 1. The quantitative estimate of drug-likeness (QED) is 0.702. The molecule has 1 heteroatoms. The molecule has 0 amide bonds. The van der Waals surface area contributed by atoms with Gasteiger partial charge in [0.05, 0.1) is 6.10 Å². The largest absolute Gasteiger partial charge is 0.384 e. The first-order valence-electron chi connectivity index (χ1n) is 4.55. The zero-order valence-corrected chi connectivity index (χ0v) is 8.20. The third kappa shape index (κ3) is 2.43. The molecular weight excluding hydrogens is 160 g/mol. The van der Waals surface area contributed by atoms with Crippen molar-refractivity contribution in [2.24, 2.45) is 0 Å². The van der Waals surface area contributed by atoms with Crippen LogP contribution in [0.15, 0.2) is 36.9 Å². The molecule has 0 aliphatic heterocycles. The molecule has 0 heterocycles. The summed E-state index contributed by atoms with van der Waals surface area (Å²) in [7, 11) is 0. The SMILES string of the molecule is C=CC(O)c1ccc(C(C)C)cc1. The zero-order chi connectivity index (χ0) is 9.84. The van der Waals surface area contributed by atoms with E-state index in [1.165, 1.54) is 11.6 Å². The van der Waals surface area contributed by atoms with Crippen LogP contribution in [-0.2, 0) is 0 Å². The molecule has 70 valence electrons. The molecule has 0 aliphatic carbocycles. The van der Waals surface area contributed by atoms with E-state index < -0.39 is 6.10 Å². The lowest BCUT2D eigenvalue weighted by Crippen LogP contribution is -1.93. The van der Waals surface area contributed by atoms with Crippen molar-refractivity contribution in [3.63, 3.8) is 0 Å². The third-order valence-corrected chi connectivity index (χ3v) is 2.17. The smallest absolute Gasteiger partial charge is 0.0969 e. The van der Waals surface area contributed by atoms with Gasteiger partial charge in [-0.2, -0.15) is 0 Å². The number of aliphatic hydroxyl groups is 1. The summed E-state index contributed by atoms with van der Waals surface area (Å²) in [4.78, 5) is 0. The van der Waals surface area contributed by atoms with Gasteiger partial charge in [-0.3, -0.25) is 0 Å². The summed E-state index contributed by atoms with van der Waals surface area (Å²) in [5.74, 6) is 0.537. The molecule has 0 saturated carbocycles. The molecule has 1 nitrogen and oxygen atoms in total. The fraction of sp³-hybridized carbons (Fsp3) is 0.333. The molecule has 0 saturated heterocycles. The minimum Gasteiger partial charge on any atom is -0.384 e. The maximum Gasteiger partial charge on any atom is 0.0969 e. The number of benzene rings is 1. The topological polar surface area (TPSA) is 20.2 Å². The van der Waals surface area contributed by atoms with E-state index in [1.54, 1.807) is 0 Å². The molecule has 1 N–H and O–H groups in total. The summed E-state index contributed by atoms with van der Waals surface area (Å²) >= 11 is 0. The summed E-state index contributed by atoms with van der Waals surface area (Å²) < 4.78 is 0. The monoisotopic (exact) mass is 176 g/mol. The molecule has 1 atom stereocenters. The lowest BCUT2D eigenvalue weighted by atomic mass is 10.0. The molecule has 13 heavy (non-hydrogen) atoms. The normalized spacial score (nSPS) is 12.9. The standard InChI is InChI=1S/C12H16O/c1-4-12(13)11-7-5-10(6-8-11)9(2)3/h4-9,12-13H,1H2,2-3H3. The highest BCUT2D eigenvalue weighted by molar-refractivity contribution is 5.27. The van der Waals surface area contributed by atoms with Gasteiger partial charge in [-0.15, -0.1) is 6.58 Å².